The Morgan fingerprint density at radius 1 is 1.33 bits per heavy atom. The molecule has 2 aromatic rings. The minimum atomic E-state index is -0.719. The molecular weight excluding hydrogens is 262 g/mol. The highest BCUT2D eigenvalue weighted by molar-refractivity contribution is 5.88. The zero-order valence-corrected chi connectivity index (χ0v) is 12.8. The fourth-order valence-electron chi connectivity index (χ4n) is 3.21. The number of aromatic nitrogens is 1. The van der Waals surface area contributed by atoms with Crippen LogP contribution in [-0.4, -0.2) is 27.9 Å². The number of carbonyl (C=O) groups excluding carboxylic acids is 1. The van der Waals surface area contributed by atoms with Gasteiger partial charge in [-0.05, 0) is 18.9 Å². The Morgan fingerprint density at radius 2 is 2.05 bits per heavy atom. The normalized spacial score (nSPS) is 15.3. The first-order valence-electron chi connectivity index (χ1n) is 7.75. The molecule has 21 heavy (non-hydrogen) atoms. The predicted molar refractivity (Wildman–Crippen MR) is 84.9 cm³/mol. The number of nitrogens with one attached hydrogen (secondary N) is 1. The van der Waals surface area contributed by atoms with E-state index >= 15 is 0 Å². The van der Waals surface area contributed by atoms with E-state index < -0.39 is 5.54 Å². The molecule has 0 saturated carbocycles. The SMILES string of the molecule is CCC(N)(CC)C(=O)N1CCc2[nH]c3ccccc3c2C1. The van der Waals surface area contributed by atoms with E-state index in [9.17, 15) is 4.79 Å². The van der Waals surface area contributed by atoms with Crippen LogP contribution in [0.2, 0.25) is 0 Å². The predicted octanol–water partition coefficient (Wildman–Crippen LogP) is 2.57. The van der Waals surface area contributed by atoms with Gasteiger partial charge in [0.1, 0.15) is 0 Å². The number of amides is 1. The Bertz CT molecular complexity index is 670. The molecule has 0 spiro atoms. The number of rotatable bonds is 3. The van der Waals surface area contributed by atoms with E-state index in [1.165, 1.54) is 16.6 Å². The van der Waals surface area contributed by atoms with Gasteiger partial charge in [0.2, 0.25) is 5.91 Å². The van der Waals surface area contributed by atoms with Gasteiger partial charge in [-0.1, -0.05) is 32.0 Å². The molecule has 112 valence electrons. The number of aromatic amines is 1. The molecule has 1 aliphatic rings. The number of hydrogen-bond donors (Lipinski definition) is 2. The van der Waals surface area contributed by atoms with Crippen molar-refractivity contribution in [3.63, 3.8) is 0 Å². The number of nitrogens with zero attached hydrogens (tertiary/aromatic N) is 1. The maximum absolute atomic E-state index is 12.7. The van der Waals surface area contributed by atoms with Gasteiger partial charge in [-0.2, -0.15) is 0 Å². The maximum Gasteiger partial charge on any atom is 0.242 e. The third-order valence-corrected chi connectivity index (χ3v) is 4.86. The molecule has 0 bridgehead atoms. The largest absolute Gasteiger partial charge is 0.358 e. The van der Waals surface area contributed by atoms with Gasteiger partial charge in [0, 0.05) is 41.7 Å². The molecule has 1 aromatic carbocycles. The van der Waals surface area contributed by atoms with Crippen molar-refractivity contribution in [2.24, 2.45) is 5.73 Å². The van der Waals surface area contributed by atoms with Gasteiger partial charge in [-0.25, -0.2) is 0 Å². The summed E-state index contributed by atoms with van der Waals surface area (Å²) in [4.78, 5) is 18.1. The van der Waals surface area contributed by atoms with Gasteiger partial charge in [0.25, 0.3) is 0 Å². The summed E-state index contributed by atoms with van der Waals surface area (Å²) in [6.07, 6.45) is 2.23. The molecule has 3 N–H and O–H groups in total. The van der Waals surface area contributed by atoms with Gasteiger partial charge in [0.15, 0.2) is 0 Å². The van der Waals surface area contributed by atoms with Crippen molar-refractivity contribution in [3.05, 3.63) is 35.5 Å². The molecule has 0 atom stereocenters. The summed E-state index contributed by atoms with van der Waals surface area (Å²) in [5.41, 5.74) is 9.23. The number of nitrogens with two attached hydrogens (primary N) is 1. The summed E-state index contributed by atoms with van der Waals surface area (Å²) < 4.78 is 0. The van der Waals surface area contributed by atoms with Crippen LogP contribution in [0.1, 0.15) is 37.9 Å². The highest BCUT2D eigenvalue weighted by Crippen LogP contribution is 2.29. The first-order chi connectivity index (χ1) is 10.1. The second-order valence-electron chi connectivity index (χ2n) is 5.97. The average molecular weight is 285 g/mol. The van der Waals surface area contributed by atoms with Gasteiger partial charge < -0.3 is 15.6 Å². The van der Waals surface area contributed by atoms with E-state index in [-0.39, 0.29) is 5.91 Å². The lowest BCUT2D eigenvalue weighted by molar-refractivity contribution is -0.138. The van der Waals surface area contributed by atoms with Crippen molar-refractivity contribution in [1.29, 1.82) is 0 Å². The number of benzene rings is 1. The number of hydrogen-bond acceptors (Lipinski definition) is 2. The monoisotopic (exact) mass is 285 g/mol. The van der Waals surface area contributed by atoms with Crippen LogP contribution in [0.4, 0.5) is 0 Å². The number of fused-ring (bicyclic) bond motifs is 3. The summed E-state index contributed by atoms with van der Waals surface area (Å²) in [6, 6.07) is 8.29. The summed E-state index contributed by atoms with van der Waals surface area (Å²) in [5.74, 6) is 0.0865. The highest BCUT2D eigenvalue weighted by atomic mass is 16.2. The van der Waals surface area contributed by atoms with Crippen molar-refractivity contribution < 1.29 is 4.79 Å². The first kappa shape index (κ1) is 14.1. The molecule has 1 aliphatic heterocycles. The summed E-state index contributed by atoms with van der Waals surface area (Å²) >= 11 is 0. The molecule has 0 saturated heterocycles. The Balaban J connectivity index is 1.92. The zero-order chi connectivity index (χ0) is 15.0. The quantitative estimate of drug-likeness (QED) is 0.910. The molecule has 0 radical (unpaired) electrons. The summed E-state index contributed by atoms with van der Waals surface area (Å²) in [7, 11) is 0. The molecular formula is C17H23N3O. The van der Waals surface area contributed by atoms with Crippen LogP contribution in [0.25, 0.3) is 10.9 Å². The number of para-hydroxylation sites is 1. The lowest BCUT2D eigenvalue weighted by atomic mass is 9.91. The third kappa shape index (κ3) is 2.23. The fourth-order valence-corrected chi connectivity index (χ4v) is 3.21. The minimum Gasteiger partial charge on any atom is -0.358 e. The average Bonchev–Trinajstić information content (AvgIpc) is 2.91. The zero-order valence-electron chi connectivity index (χ0n) is 12.8. The molecule has 0 aliphatic carbocycles. The second-order valence-corrected chi connectivity index (χ2v) is 5.97. The lowest BCUT2D eigenvalue weighted by Crippen LogP contribution is -2.55. The lowest BCUT2D eigenvalue weighted by Gasteiger charge is -2.35. The Kier molecular flexibility index (Phi) is 3.49. The van der Waals surface area contributed by atoms with Crippen molar-refractivity contribution in [1.82, 2.24) is 9.88 Å². The first-order valence-corrected chi connectivity index (χ1v) is 7.75. The molecule has 0 unspecified atom stereocenters. The second kappa shape index (κ2) is 5.19. The standard InChI is InChI=1S/C17H23N3O/c1-3-17(18,4-2)16(21)20-10-9-15-13(11-20)12-7-5-6-8-14(12)19-15/h5-8,19H,3-4,9-11,18H2,1-2H3. The molecule has 3 rings (SSSR count). The van der Waals surface area contributed by atoms with Gasteiger partial charge in [-0.3, -0.25) is 4.79 Å². The van der Waals surface area contributed by atoms with E-state index in [1.54, 1.807) is 0 Å². The van der Waals surface area contributed by atoms with Crippen LogP contribution < -0.4 is 5.73 Å². The molecule has 0 fully saturated rings. The Labute approximate surface area is 125 Å². The van der Waals surface area contributed by atoms with Gasteiger partial charge in [-0.15, -0.1) is 0 Å². The summed E-state index contributed by atoms with van der Waals surface area (Å²) in [5, 5.41) is 1.22. The molecule has 4 heteroatoms. The van der Waals surface area contributed by atoms with Gasteiger partial charge in [0.05, 0.1) is 5.54 Å². The summed E-state index contributed by atoms with van der Waals surface area (Å²) in [6.45, 7) is 5.39. The molecule has 1 aromatic heterocycles. The van der Waals surface area contributed by atoms with Crippen LogP contribution in [0, 0.1) is 0 Å². The fraction of sp³-hybridized carbons (Fsp3) is 0.471. The molecule has 1 amide bonds. The van der Waals surface area contributed by atoms with Crippen LogP contribution in [0.3, 0.4) is 0 Å². The number of H-pyrrole nitrogens is 1. The molecule has 2 heterocycles. The van der Waals surface area contributed by atoms with Crippen LogP contribution in [0.15, 0.2) is 24.3 Å². The van der Waals surface area contributed by atoms with E-state index in [1.807, 2.05) is 30.9 Å². The minimum absolute atomic E-state index is 0.0865. The topological polar surface area (TPSA) is 62.1 Å². The van der Waals surface area contributed by atoms with Crippen LogP contribution in [0.5, 0.6) is 0 Å². The maximum atomic E-state index is 12.7. The van der Waals surface area contributed by atoms with Gasteiger partial charge >= 0.3 is 0 Å². The number of carbonyl (C=O) groups is 1. The van der Waals surface area contributed by atoms with Crippen LogP contribution in [-0.2, 0) is 17.8 Å². The van der Waals surface area contributed by atoms with Crippen molar-refractivity contribution in [2.75, 3.05) is 6.54 Å². The van der Waals surface area contributed by atoms with Crippen molar-refractivity contribution >= 4 is 16.8 Å². The Hall–Kier alpha value is -1.81. The van der Waals surface area contributed by atoms with E-state index in [0.29, 0.717) is 19.4 Å². The molecule has 4 nitrogen and oxygen atoms in total. The van der Waals surface area contributed by atoms with Crippen molar-refractivity contribution in [3.8, 4) is 0 Å². The van der Waals surface area contributed by atoms with E-state index in [4.69, 9.17) is 5.73 Å². The van der Waals surface area contributed by atoms with E-state index in [2.05, 4.69) is 17.1 Å². The smallest absolute Gasteiger partial charge is 0.242 e. The Morgan fingerprint density at radius 3 is 2.76 bits per heavy atom. The third-order valence-electron chi connectivity index (χ3n) is 4.86. The highest BCUT2D eigenvalue weighted by Gasteiger charge is 2.35. The van der Waals surface area contributed by atoms with Crippen molar-refractivity contribution in [2.45, 2.75) is 45.2 Å². The van der Waals surface area contributed by atoms with Crippen LogP contribution >= 0.6 is 0 Å². The van der Waals surface area contributed by atoms with E-state index in [0.717, 1.165) is 18.5 Å².